The molecule has 0 saturated carbocycles. The van der Waals surface area contributed by atoms with Crippen LogP contribution in [0.1, 0.15) is 21.6 Å². The fourth-order valence-electron chi connectivity index (χ4n) is 4.88. The molecule has 186 valence electrons. The van der Waals surface area contributed by atoms with Crippen LogP contribution in [0.3, 0.4) is 0 Å². The normalized spacial score (nSPS) is 31.0. The van der Waals surface area contributed by atoms with E-state index in [0.29, 0.717) is 12.0 Å². The molecule has 9 heteroatoms. The van der Waals surface area contributed by atoms with Crippen LogP contribution in [0.25, 0.3) is 10.4 Å². The summed E-state index contributed by atoms with van der Waals surface area (Å²) in [4.78, 5) is 2.08. The Balaban J connectivity index is 1.46. The number of aliphatic hydroxyl groups excluding tert-OH is 5. The Bertz CT molecular complexity index is 1210. The molecule has 0 spiro atoms. The highest BCUT2D eigenvalue weighted by molar-refractivity contribution is 7.15. The van der Waals surface area contributed by atoms with Crippen molar-refractivity contribution in [3.63, 3.8) is 0 Å². The zero-order valence-corrected chi connectivity index (χ0v) is 19.8. The van der Waals surface area contributed by atoms with Gasteiger partial charge in [-0.3, -0.25) is 0 Å². The van der Waals surface area contributed by atoms with Crippen LogP contribution in [0, 0.1) is 12.7 Å². The predicted octanol–water partition coefficient (Wildman–Crippen LogP) is 1.84. The molecule has 3 aromatic rings. The maximum atomic E-state index is 13.3. The maximum absolute atomic E-state index is 13.3. The summed E-state index contributed by atoms with van der Waals surface area (Å²) in [5, 5.41) is 51.9. The number of aliphatic hydroxyl groups is 5. The lowest BCUT2D eigenvalue weighted by molar-refractivity contribution is -0.339. The molecule has 0 aliphatic carbocycles. The van der Waals surface area contributed by atoms with Crippen LogP contribution in [0.15, 0.2) is 54.6 Å². The summed E-state index contributed by atoms with van der Waals surface area (Å²) in [5.74, 6) is -2.10. The van der Waals surface area contributed by atoms with E-state index in [-0.39, 0.29) is 12.4 Å². The van der Waals surface area contributed by atoms with Gasteiger partial charge in [-0.25, -0.2) is 4.39 Å². The maximum Gasteiger partial charge on any atom is 0.225 e. The second-order valence-corrected chi connectivity index (χ2v) is 10.4. The highest BCUT2D eigenvalue weighted by Gasteiger charge is 2.69. The van der Waals surface area contributed by atoms with Crippen LogP contribution in [-0.2, 0) is 21.7 Å². The van der Waals surface area contributed by atoms with Gasteiger partial charge in [-0.05, 0) is 53.9 Å². The first-order valence-corrected chi connectivity index (χ1v) is 12.1. The van der Waals surface area contributed by atoms with Crippen molar-refractivity contribution in [1.29, 1.82) is 0 Å². The van der Waals surface area contributed by atoms with Crippen LogP contribution in [0.4, 0.5) is 4.39 Å². The van der Waals surface area contributed by atoms with E-state index in [4.69, 9.17) is 9.47 Å². The Kier molecular flexibility index (Phi) is 6.31. The van der Waals surface area contributed by atoms with Crippen molar-refractivity contribution in [2.75, 3.05) is 13.2 Å². The zero-order valence-electron chi connectivity index (χ0n) is 19.0. The number of rotatable bonds is 6. The van der Waals surface area contributed by atoms with Gasteiger partial charge in [0, 0.05) is 21.7 Å². The van der Waals surface area contributed by atoms with Crippen LogP contribution in [-0.4, -0.2) is 68.8 Å². The van der Waals surface area contributed by atoms with E-state index >= 15 is 0 Å². The average molecular weight is 503 g/mol. The summed E-state index contributed by atoms with van der Waals surface area (Å²) in [6, 6.07) is 15.7. The third-order valence-corrected chi connectivity index (χ3v) is 8.17. The molecule has 2 bridgehead atoms. The third kappa shape index (κ3) is 3.92. The van der Waals surface area contributed by atoms with Gasteiger partial charge in [-0.2, -0.15) is 0 Å². The fraction of sp³-hybridized carbons (Fsp3) is 0.385. The summed E-state index contributed by atoms with van der Waals surface area (Å²) in [6.45, 7) is 0.920. The van der Waals surface area contributed by atoms with Gasteiger partial charge >= 0.3 is 0 Å². The molecule has 2 aliphatic rings. The number of aryl methyl sites for hydroxylation is 1. The van der Waals surface area contributed by atoms with Gasteiger partial charge in [0.1, 0.15) is 30.2 Å². The van der Waals surface area contributed by atoms with E-state index in [9.17, 15) is 29.9 Å². The SMILES string of the molecule is Cc1ccc([C@@]23OC[C@@]([C@@H](O)CO)(O2)[C@H](O)[C@@H](O)[C@@H]3O)cc1Cc1ccc(-c2ccc(F)cc2)s1. The molecule has 7 nitrogen and oxygen atoms in total. The topological polar surface area (TPSA) is 120 Å². The number of halogens is 1. The van der Waals surface area contributed by atoms with Crippen molar-refractivity contribution >= 4 is 11.3 Å². The van der Waals surface area contributed by atoms with Gasteiger partial charge in [0.25, 0.3) is 0 Å². The number of fused-ring (bicyclic) bond motifs is 2. The monoisotopic (exact) mass is 502 g/mol. The molecule has 5 N–H and O–H groups in total. The highest BCUT2D eigenvalue weighted by atomic mass is 32.1. The molecule has 0 unspecified atom stereocenters. The number of benzene rings is 2. The predicted molar refractivity (Wildman–Crippen MR) is 126 cm³/mol. The standard InChI is InChI=1S/C26H27FO7S/c1-14-2-5-17(26-24(32)22(30)23(31)25(34-26,13-33-26)21(29)12-28)10-16(14)11-19-8-9-20(35-19)15-3-6-18(27)7-4-15/h2-10,21-24,28-32H,11-13H2,1H3/t21-,22+,23+,24-,25-,26+/m0/s1. The number of thiophene rings is 1. The molecule has 2 aliphatic heterocycles. The van der Waals surface area contributed by atoms with Crippen LogP contribution >= 0.6 is 11.3 Å². The van der Waals surface area contributed by atoms with Gasteiger partial charge in [0.05, 0.1) is 13.2 Å². The number of hydrogen-bond donors (Lipinski definition) is 5. The molecule has 0 amide bonds. The van der Waals surface area contributed by atoms with Crippen molar-refractivity contribution in [2.45, 2.75) is 49.1 Å². The lowest BCUT2D eigenvalue weighted by Crippen LogP contribution is -2.68. The molecule has 2 saturated heterocycles. The van der Waals surface area contributed by atoms with E-state index in [2.05, 4.69) is 0 Å². The van der Waals surface area contributed by atoms with Crippen molar-refractivity contribution in [3.8, 4) is 10.4 Å². The van der Waals surface area contributed by atoms with Crippen molar-refractivity contribution in [3.05, 3.63) is 82.0 Å². The summed E-state index contributed by atoms with van der Waals surface area (Å²) in [6.07, 6.45) is -5.89. The number of ether oxygens (including phenoxy) is 2. The largest absolute Gasteiger partial charge is 0.394 e. The molecular formula is C26H27FO7S. The Morgan fingerprint density at radius 1 is 1.06 bits per heavy atom. The fourth-order valence-corrected chi connectivity index (χ4v) is 5.91. The molecule has 5 rings (SSSR count). The highest BCUT2D eigenvalue weighted by Crippen LogP contribution is 2.51. The first-order chi connectivity index (χ1) is 16.7. The minimum absolute atomic E-state index is 0.285. The van der Waals surface area contributed by atoms with Crippen LogP contribution in [0.2, 0.25) is 0 Å². The second kappa shape index (κ2) is 9.02. The first kappa shape index (κ1) is 24.5. The summed E-state index contributed by atoms with van der Waals surface area (Å²) in [5.41, 5.74) is 1.50. The molecule has 6 atom stereocenters. The minimum Gasteiger partial charge on any atom is -0.394 e. The number of hydrogen-bond acceptors (Lipinski definition) is 8. The van der Waals surface area contributed by atoms with Crippen molar-refractivity contribution in [1.82, 2.24) is 0 Å². The Hall–Kier alpha value is -2.21. The lowest BCUT2D eigenvalue weighted by atomic mass is 9.80. The first-order valence-electron chi connectivity index (χ1n) is 11.3. The molecule has 2 fully saturated rings. The average Bonchev–Trinajstić information content (AvgIpc) is 3.49. The molecule has 1 aromatic heterocycles. The Morgan fingerprint density at radius 3 is 2.51 bits per heavy atom. The van der Waals surface area contributed by atoms with E-state index < -0.39 is 42.4 Å². The van der Waals surface area contributed by atoms with Gasteiger partial charge in [0.15, 0.2) is 5.60 Å². The Morgan fingerprint density at radius 2 is 1.80 bits per heavy atom. The smallest absolute Gasteiger partial charge is 0.225 e. The zero-order chi connectivity index (χ0) is 25.0. The van der Waals surface area contributed by atoms with E-state index in [1.54, 1.807) is 29.5 Å². The van der Waals surface area contributed by atoms with E-state index in [1.807, 2.05) is 31.2 Å². The van der Waals surface area contributed by atoms with Crippen LogP contribution < -0.4 is 0 Å². The summed E-state index contributed by atoms with van der Waals surface area (Å²) < 4.78 is 25.1. The quantitative estimate of drug-likeness (QED) is 0.349. The summed E-state index contributed by atoms with van der Waals surface area (Å²) in [7, 11) is 0. The molecule has 35 heavy (non-hydrogen) atoms. The summed E-state index contributed by atoms with van der Waals surface area (Å²) >= 11 is 1.59. The molecular weight excluding hydrogens is 475 g/mol. The molecule has 0 radical (unpaired) electrons. The van der Waals surface area contributed by atoms with Gasteiger partial charge in [0.2, 0.25) is 5.79 Å². The van der Waals surface area contributed by atoms with Gasteiger partial charge in [-0.15, -0.1) is 11.3 Å². The molecule has 3 heterocycles. The Labute approximate surface area is 205 Å². The van der Waals surface area contributed by atoms with Crippen LogP contribution in [0.5, 0.6) is 0 Å². The second-order valence-electron chi connectivity index (χ2n) is 9.18. The van der Waals surface area contributed by atoms with E-state index in [0.717, 1.165) is 26.4 Å². The van der Waals surface area contributed by atoms with Gasteiger partial charge < -0.3 is 35.0 Å². The lowest BCUT2D eigenvalue weighted by Gasteiger charge is -2.47. The minimum atomic E-state index is -1.81. The van der Waals surface area contributed by atoms with Crippen molar-refractivity contribution < 1.29 is 39.4 Å². The third-order valence-electron chi connectivity index (χ3n) is 7.03. The van der Waals surface area contributed by atoms with Crippen molar-refractivity contribution in [2.24, 2.45) is 0 Å². The molecule has 2 aromatic carbocycles. The van der Waals surface area contributed by atoms with Gasteiger partial charge in [-0.1, -0.05) is 24.3 Å². The van der Waals surface area contributed by atoms with E-state index in [1.165, 1.54) is 12.1 Å².